The molecule has 0 fully saturated rings. The number of thioether (sulfide) groups is 1. The summed E-state index contributed by atoms with van der Waals surface area (Å²) in [5, 5.41) is 3.56. The molecular weight excluding hydrogens is 190 g/mol. The van der Waals surface area contributed by atoms with Crippen molar-refractivity contribution in [2.45, 2.75) is 42.9 Å². The normalized spacial score (nSPS) is 24.6. The van der Waals surface area contributed by atoms with Crippen LogP contribution in [0.1, 0.15) is 27.2 Å². The summed E-state index contributed by atoms with van der Waals surface area (Å²) in [6, 6.07) is 9.13. The van der Waals surface area contributed by atoms with E-state index in [4.69, 9.17) is 0 Å². The lowest BCUT2D eigenvalue weighted by Crippen LogP contribution is -2.24. The maximum Gasteiger partial charge on any atom is 0.0480 e. The highest BCUT2D eigenvalue weighted by Crippen LogP contribution is 2.42. The number of benzene rings is 1. The van der Waals surface area contributed by atoms with Gasteiger partial charge < -0.3 is 5.32 Å². The zero-order valence-electron chi connectivity index (χ0n) is 9.00. The van der Waals surface area contributed by atoms with Crippen molar-refractivity contribution in [3.05, 3.63) is 24.3 Å². The van der Waals surface area contributed by atoms with Gasteiger partial charge in [-0.15, -0.1) is 11.8 Å². The Morgan fingerprint density at radius 3 is 2.86 bits per heavy atom. The van der Waals surface area contributed by atoms with Crippen molar-refractivity contribution in [1.82, 2.24) is 0 Å². The van der Waals surface area contributed by atoms with Gasteiger partial charge in [-0.2, -0.15) is 0 Å². The summed E-state index contributed by atoms with van der Waals surface area (Å²) in [6.45, 7) is 6.89. The number of rotatable bonds is 0. The van der Waals surface area contributed by atoms with Crippen LogP contribution in [0.25, 0.3) is 0 Å². The topological polar surface area (TPSA) is 12.0 Å². The van der Waals surface area contributed by atoms with Gasteiger partial charge in [-0.25, -0.2) is 0 Å². The summed E-state index contributed by atoms with van der Waals surface area (Å²) >= 11 is 1.98. The zero-order valence-corrected chi connectivity index (χ0v) is 9.82. The highest BCUT2D eigenvalue weighted by atomic mass is 32.2. The van der Waals surface area contributed by atoms with Crippen LogP contribution in [0, 0.1) is 0 Å². The first kappa shape index (κ1) is 9.91. The predicted molar refractivity (Wildman–Crippen MR) is 64.1 cm³/mol. The van der Waals surface area contributed by atoms with Crippen LogP contribution >= 0.6 is 11.8 Å². The van der Waals surface area contributed by atoms with Crippen LogP contribution in [0.5, 0.6) is 0 Å². The molecule has 0 saturated carbocycles. The van der Waals surface area contributed by atoms with E-state index in [9.17, 15) is 0 Å². The third-order valence-corrected chi connectivity index (χ3v) is 3.77. The molecule has 0 saturated heterocycles. The van der Waals surface area contributed by atoms with E-state index in [0.717, 1.165) is 0 Å². The molecule has 1 nitrogen and oxygen atoms in total. The van der Waals surface area contributed by atoms with Gasteiger partial charge in [0, 0.05) is 21.4 Å². The Labute approximate surface area is 90.3 Å². The average molecular weight is 207 g/mol. The molecule has 2 rings (SSSR count). The van der Waals surface area contributed by atoms with E-state index >= 15 is 0 Å². The van der Waals surface area contributed by atoms with E-state index in [2.05, 4.69) is 50.4 Å². The lowest BCUT2D eigenvalue weighted by molar-refractivity contribution is 0.588. The first-order valence-electron chi connectivity index (χ1n) is 5.11. The smallest absolute Gasteiger partial charge is 0.0480 e. The molecular formula is C12H17NS. The van der Waals surface area contributed by atoms with Crippen molar-refractivity contribution < 1.29 is 0 Å². The molecule has 14 heavy (non-hydrogen) atoms. The molecule has 0 spiro atoms. The van der Waals surface area contributed by atoms with Crippen molar-refractivity contribution in [2.24, 2.45) is 0 Å². The standard InChI is InChI=1S/C12H17NS/c1-9-8-12(2,3)14-11-7-5-4-6-10(11)13-9/h4-7,9,13H,8H2,1-3H3. The number of anilines is 1. The maximum absolute atomic E-state index is 3.56. The van der Waals surface area contributed by atoms with Gasteiger partial charge in [-0.05, 0) is 25.5 Å². The SMILES string of the molecule is CC1CC(C)(C)Sc2ccccc2N1. The Hall–Kier alpha value is -0.630. The minimum atomic E-state index is 0.332. The second-order valence-corrected chi connectivity index (χ2v) is 6.36. The maximum atomic E-state index is 3.56. The second-order valence-electron chi connectivity index (χ2n) is 4.61. The Kier molecular flexibility index (Phi) is 2.48. The first-order valence-corrected chi connectivity index (χ1v) is 5.93. The fourth-order valence-corrected chi connectivity index (χ4v) is 3.38. The van der Waals surface area contributed by atoms with Gasteiger partial charge in [0.2, 0.25) is 0 Å². The summed E-state index contributed by atoms with van der Waals surface area (Å²) in [4.78, 5) is 1.38. The highest BCUT2D eigenvalue weighted by molar-refractivity contribution is 8.00. The lowest BCUT2D eigenvalue weighted by Gasteiger charge is -2.23. The van der Waals surface area contributed by atoms with Gasteiger partial charge in [0.05, 0.1) is 0 Å². The highest BCUT2D eigenvalue weighted by Gasteiger charge is 2.26. The van der Waals surface area contributed by atoms with Crippen molar-refractivity contribution in [3.8, 4) is 0 Å². The van der Waals surface area contributed by atoms with Crippen LogP contribution in [-0.2, 0) is 0 Å². The number of fused-ring (bicyclic) bond motifs is 1. The molecule has 1 aromatic rings. The number of nitrogens with one attached hydrogen (secondary N) is 1. The van der Waals surface area contributed by atoms with E-state index in [1.165, 1.54) is 17.0 Å². The summed E-state index contributed by atoms with van der Waals surface area (Å²) < 4.78 is 0.332. The molecule has 76 valence electrons. The van der Waals surface area contributed by atoms with E-state index in [0.29, 0.717) is 10.8 Å². The van der Waals surface area contributed by atoms with Crippen molar-refractivity contribution in [2.75, 3.05) is 5.32 Å². The van der Waals surface area contributed by atoms with Crippen LogP contribution in [0.3, 0.4) is 0 Å². The van der Waals surface area contributed by atoms with Crippen LogP contribution in [-0.4, -0.2) is 10.8 Å². The molecule has 1 aliphatic heterocycles. The van der Waals surface area contributed by atoms with Gasteiger partial charge in [0.25, 0.3) is 0 Å². The van der Waals surface area contributed by atoms with E-state index in [1.807, 2.05) is 11.8 Å². The molecule has 0 aromatic heterocycles. The largest absolute Gasteiger partial charge is 0.382 e. The summed E-state index contributed by atoms with van der Waals surface area (Å²) in [6.07, 6.45) is 1.20. The summed E-state index contributed by atoms with van der Waals surface area (Å²) in [5.41, 5.74) is 1.29. The molecule has 1 aromatic carbocycles. The molecule has 1 aliphatic rings. The zero-order chi connectivity index (χ0) is 10.2. The number of hydrogen-bond donors (Lipinski definition) is 1. The van der Waals surface area contributed by atoms with Crippen molar-refractivity contribution in [1.29, 1.82) is 0 Å². The van der Waals surface area contributed by atoms with Gasteiger partial charge >= 0.3 is 0 Å². The molecule has 0 aliphatic carbocycles. The molecule has 0 radical (unpaired) electrons. The van der Waals surface area contributed by atoms with Gasteiger partial charge in [0.1, 0.15) is 0 Å². The minimum absolute atomic E-state index is 0.332. The number of hydrogen-bond acceptors (Lipinski definition) is 2. The van der Waals surface area contributed by atoms with Crippen LogP contribution in [0.15, 0.2) is 29.2 Å². The molecule has 1 N–H and O–H groups in total. The monoisotopic (exact) mass is 207 g/mol. The molecule has 0 bridgehead atoms. The summed E-state index contributed by atoms with van der Waals surface area (Å²) in [7, 11) is 0. The quantitative estimate of drug-likeness (QED) is 0.695. The molecule has 1 atom stereocenters. The van der Waals surface area contributed by atoms with Crippen LogP contribution in [0.2, 0.25) is 0 Å². The first-order chi connectivity index (χ1) is 6.57. The molecule has 2 heteroatoms. The fraction of sp³-hybridized carbons (Fsp3) is 0.500. The summed E-state index contributed by atoms with van der Waals surface area (Å²) in [5.74, 6) is 0. The Bertz CT molecular complexity index is 333. The van der Waals surface area contributed by atoms with Gasteiger partial charge in [-0.1, -0.05) is 26.0 Å². The molecule has 1 heterocycles. The Balaban J connectivity index is 2.37. The van der Waals surface area contributed by atoms with Crippen LogP contribution in [0.4, 0.5) is 5.69 Å². The average Bonchev–Trinajstić information content (AvgIpc) is 2.16. The van der Waals surface area contributed by atoms with Gasteiger partial charge in [0.15, 0.2) is 0 Å². The van der Waals surface area contributed by atoms with E-state index in [-0.39, 0.29) is 0 Å². The fourth-order valence-electron chi connectivity index (χ4n) is 2.07. The lowest BCUT2D eigenvalue weighted by atomic mass is 10.0. The number of para-hydroxylation sites is 1. The second kappa shape index (κ2) is 3.50. The molecule has 0 amide bonds. The van der Waals surface area contributed by atoms with Gasteiger partial charge in [-0.3, -0.25) is 0 Å². The van der Waals surface area contributed by atoms with E-state index < -0.39 is 0 Å². The third-order valence-electron chi connectivity index (χ3n) is 2.47. The predicted octanol–water partition coefficient (Wildman–Crippen LogP) is 3.76. The third kappa shape index (κ3) is 2.06. The Morgan fingerprint density at radius 2 is 2.07 bits per heavy atom. The van der Waals surface area contributed by atoms with Crippen molar-refractivity contribution in [3.63, 3.8) is 0 Å². The Morgan fingerprint density at radius 1 is 1.36 bits per heavy atom. The van der Waals surface area contributed by atoms with Crippen LogP contribution < -0.4 is 5.32 Å². The van der Waals surface area contributed by atoms with Crippen molar-refractivity contribution >= 4 is 17.4 Å². The molecule has 1 unspecified atom stereocenters. The van der Waals surface area contributed by atoms with E-state index in [1.54, 1.807) is 0 Å². The minimum Gasteiger partial charge on any atom is -0.382 e.